The molecule has 0 radical (unpaired) electrons. The third kappa shape index (κ3) is 9.14. The Hall–Kier alpha value is -0.0213. The fraction of sp³-hybridized carbons (Fsp3) is 0.714. The molecule has 134 valence electrons. The molecule has 0 aliphatic heterocycles. The van der Waals surface area contributed by atoms with E-state index >= 15 is 0 Å². The molecular formula is C21H41NSn. The first-order valence-corrected chi connectivity index (χ1v) is 17.2. The van der Waals surface area contributed by atoms with Gasteiger partial charge in [0, 0.05) is 0 Å². The van der Waals surface area contributed by atoms with Crippen LogP contribution in [0.4, 0.5) is 0 Å². The monoisotopic (exact) mass is 427 g/mol. The van der Waals surface area contributed by atoms with Gasteiger partial charge in [0.25, 0.3) is 0 Å². The molecule has 0 aliphatic rings. The van der Waals surface area contributed by atoms with Crippen LogP contribution in [0.2, 0.25) is 13.3 Å². The zero-order valence-electron chi connectivity index (χ0n) is 16.2. The quantitative estimate of drug-likeness (QED) is 0.198. The standard InChI is InChI=1S/C9H14N.3C4H9.Sn/c1-4-7-10(8-5-2)9-6-3;3*1-3-4-2;/h4-5H,1-3,7-9H2;3*1,3-4H2,2H3;. The first kappa shape index (κ1) is 23.0. The van der Waals surface area contributed by atoms with Crippen molar-refractivity contribution in [3.05, 3.63) is 35.5 Å². The average molecular weight is 426 g/mol. The van der Waals surface area contributed by atoms with Crippen LogP contribution in [-0.2, 0) is 0 Å². The van der Waals surface area contributed by atoms with Crippen LogP contribution < -0.4 is 0 Å². The van der Waals surface area contributed by atoms with Gasteiger partial charge >= 0.3 is 151 Å². The Balaban J connectivity index is 5.17. The molecule has 0 N–H and O–H groups in total. The molecule has 23 heavy (non-hydrogen) atoms. The summed E-state index contributed by atoms with van der Waals surface area (Å²) < 4.78 is 6.19. The Kier molecular flexibility index (Phi) is 14.3. The van der Waals surface area contributed by atoms with E-state index in [9.17, 15) is 0 Å². The Morgan fingerprint density at radius 2 is 1.22 bits per heavy atom. The molecule has 0 heterocycles. The Labute approximate surface area is 150 Å². The van der Waals surface area contributed by atoms with Crippen LogP contribution in [0.3, 0.4) is 0 Å². The maximum atomic E-state index is 4.67. The van der Waals surface area contributed by atoms with Gasteiger partial charge < -0.3 is 0 Å². The first-order chi connectivity index (χ1) is 11.1. The molecule has 0 aromatic heterocycles. The number of hydrogen-bond donors (Lipinski definition) is 0. The van der Waals surface area contributed by atoms with Crippen LogP contribution in [0.15, 0.2) is 35.5 Å². The summed E-state index contributed by atoms with van der Waals surface area (Å²) >= 11 is -2.27. The van der Waals surface area contributed by atoms with Crippen LogP contribution in [0.5, 0.6) is 0 Å². The summed E-state index contributed by atoms with van der Waals surface area (Å²) in [5.41, 5.74) is 0. The first-order valence-electron chi connectivity index (χ1n) is 9.72. The van der Waals surface area contributed by atoms with Crippen molar-refractivity contribution >= 4 is 18.4 Å². The summed E-state index contributed by atoms with van der Waals surface area (Å²) in [6, 6.07) is 0. The molecule has 0 unspecified atom stereocenters. The van der Waals surface area contributed by atoms with E-state index in [-0.39, 0.29) is 0 Å². The molecule has 0 spiro atoms. The zero-order valence-corrected chi connectivity index (χ0v) is 19.1. The SMILES string of the molecule is C=CCN(CC=C)C[C](=C)[Sn]([CH2]CCC)([CH2]CCC)[CH2]CCC. The van der Waals surface area contributed by atoms with Gasteiger partial charge in [-0.2, -0.15) is 0 Å². The van der Waals surface area contributed by atoms with Crippen LogP contribution in [0, 0.1) is 0 Å². The molecule has 0 amide bonds. The van der Waals surface area contributed by atoms with Crippen LogP contribution in [0.25, 0.3) is 0 Å². The maximum absolute atomic E-state index is 4.67. The summed E-state index contributed by atoms with van der Waals surface area (Å²) in [5.74, 6) is 0. The second kappa shape index (κ2) is 14.3. The Morgan fingerprint density at radius 1 is 0.826 bits per heavy atom. The van der Waals surface area contributed by atoms with E-state index in [2.05, 4.69) is 45.4 Å². The van der Waals surface area contributed by atoms with E-state index in [0.29, 0.717) is 0 Å². The van der Waals surface area contributed by atoms with Gasteiger partial charge in [0.05, 0.1) is 0 Å². The fourth-order valence-corrected chi connectivity index (χ4v) is 19.0. The van der Waals surface area contributed by atoms with Gasteiger partial charge in [-0.15, -0.1) is 0 Å². The van der Waals surface area contributed by atoms with Gasteiger partial charge in [-0.25, -0.2) is 0 Å². The van der Waals surface area contributed by atoms with Gasteiger partial charge in [-0.1, -0.05) is 0 Å². The second-order valence-corrected chi connectivity index (χ2v) is 20.6. The molecule has 2 heteroatoms. The van der Waals surface area contributed by atoms with E-state index in [1.807, 2.05) is 12.2 Å². The predicted octanol–water partition coefficient (Wildman–Crippen LogP) is 6.60. The number of unbranched alkanes of at least 4 members (excludes halogenated alkanes) is 3. The Bertz CT molecular complexity index is 303. The van der Waals surface area contributed by atoms with Crippen molar-refractivity contribution in [3.63, 3.8) is 0 Å². The number of hydrogen-bond acceptors (Lipinski definition) is 1. The van der Waals surface area contributed by atoms with Gasteiger partial charge in [-0.05, 0) is 0 Å². The zero-order chi connectivity index (χ0) is 17.6. The molecule has 0 aliphatic carbocycles. The van der Waals surface area contributed by atoms with Crippen molar-refractivity contribution < 1.29 is 0 Å². The second-order valence-electron chi connectivity index (χ2n) is 6.97. The third-order valence-corrected chi connectivity index (χ3v) is 20.9. The molecule has 0 rings (SSSR count). The summed E-state index contributed by atoms with van der Waals surface area (Å²) in [6.45, 7) is 22.5. The third-order valence-electron chi connectivity index (χ3n) is 4.97. The van der Waals surface area contributed by atoms with Gasteiger partial charge in [-0.3, -0.25) is 0 Å². The summed E-state index contributed by atoms with van der Waals surface area (Å²) in [5, 5.41) is 0. The van der Waals surface area contributed by atoms with E-state index in [1.165, 1.54) is 51.8 Å². The summed E-state index contributed by atoms with van der Waals surface area (Å²) in [4.78, 5) is 2.46. The minimum atomic E-state index is -2.27. The van der Waals surface area contributed by atoms with Gasteiger partial charge in [0.2, 0.25) is 0 Å². The van der Waals surface area contributed by atoms with Crippen molar-refractivity contribution in [2.24, 2.45) is 0 Å². The fourth-order valence-electron chi connectivity index (χ4n) is 3.46. The molecule has 0 fully saturated rings. The van der Waals surface area contributed by atoms with E-state index < -0.39 is 18.4 Å². The topological polar surface area (TPSA) is 3.24 Å². The summed E-state index contributed by atoms with van der Waals surface area (Å²) in [7, 11) is 0. The average Bonchev–Trinajstić information content (AvgIpc) is 2.55. The van der Waals surface area contributed by atoms with Gasteiger partial charge in [0.1, 0.15) is 0 Å². The number of nitrogens with zero attached hydrogens (tertiary/aromatic N) is 1. The number of rotatable bonds is 16. The van der Waals surface area contributed by atoms with Crippen molar-refractivity contribution in [3.8, 4) is 0 Å². The van der Waals surface area contributed by atoms with E-state index in [4.69, 9.17) is 0 Å². The Morgan fingerprint density at radius 3 is 1.52 bits per heavy atom. The molecule has 0 aromatic carbocycles. The molecule has 0 saturated carbocycles. The molecule has 0 bridgehead atoms. The van der Waals surface area contributed by atoms with Gasteiger partial charge in [0.15, 0.2) is 0 Å². The van der Waals surface area contributed by atoms with Crippen LogP contribution in [-0.4, -0.2) is 42.9 Å². The van der Waals surface area contributed by atoms with Crippen LogP contribution in [0.1, 0.15) is 59.3 Å². The van der Waals surface area contributed by atoms with Crippen molar-refractivity contribution in [1.82, 2.24) is 4.90 Å². The van der Waals surface area contributed by atoms with E-state index in [0.717, 1.165) is 19.6 Å². The molecule has 1 nitrogen and oxygen atoms in total. The van der Waals surface area contributed by atoms with Crippen LogP contribution >= 0.6 is 0 Å². The molecular weight excluding hydrogens is 385 g/mol. The molecule has 0 atom stereocenters. The van der Waals surface area contributed by atoms with Crippen molar-refractivity contribution in [2.45, 2.75) is 72.6 Å². The molecule has 0 saturated heterocycles. The van der Waals surface area contributed by atoms with Crippen molar-refractivity contribution in [2.75, 3.05) is 19.6 Å². The van der Waals surface area contributed by atoms with Crippen molar-refractivity contribution in [1.29, 1.82) is 0 Å². The normalized spacial score (nSPS) is 11.7. The minimum absolute atomic E-state index is 0.947. The van der Waals surface area contributed by atoms with E-state index in [1.54, 1.807) is 3.59 Å². The molecule has 0 aromatic rings. The predicted molar refractivity (Wildman–Crippen MR) is 111 cm³/mol. The summed E-state index contributed by atoms with van der Waals surface area (Å²) in [6.07, 6.45) is 12.2.